The van der Waals surface area contributed by atoms with Crippen LogP contribution in [0, 0.1) is 5.92 Å². The van der Waals surface area contributed by atoms with Crippen LogP contribution in [0.25, 0.3) is 0 Å². The highest BCUT2D eigenvalue weighted by Gasteiger charge is 2.32. The molecule has 0 saturated carbocycles. The third-order valence-corrected chi connectivity index (χ3v) is 3.35. The Bertz CT molecular complexity index is 420. The molecule has 1 aliphatic heterocycles. The number of phenolic OH excluding ortho intramolecular Hbond substituents is 1. The first-order chi connectivity index (χ1) is 8.11. The number of phenols is 1. The number of benzene rings is 1. The maximum absolute atomic E-state index is 12.2. The molecule has 2 unspecified atom stereocenters. The molecular weight excluding hydrogens is 216 g/mol. The Morgan fingerprint density at radius 2 is 2.35 bits per heavy atom. The maximum Gasteiger partial charge on any atom is 0.254 e. The van der Waals surface area contributed by atoms with Crippen molar-refractivity contribution in [2.45, 2.75) is 19.4 Å². The van der Waals surface area contributed by atoms with E-state index >= 15 is 0 Å². The quantitative estimate of drug-likeness (QED) is 0.808. The van der Waals surface area contributed by atoms with Crippen molar-refractivity contribution in [1.82, 2.24) is 4.90 Å². The lowest BCUT2D eigenvalue weighted by atomic mass is 10.1. The minimum atomic E-state index is -0.0237. The van der Waals surface area contributed by atoms with Gasteiger partial charge in [-0.2, -0.15) is 0 Å². The fourth-order valence-electron chi connectivity index (χ4n) is 2.40. The Morgan fingerprint density at radius 1 is 1.59 bits per heavy atom. The third kappa shape index (κ3) is 2.42. The molecule has 2 rings (SSSR count). The highest BCUT2D eigenvalue weighted by molar-refractivity contribution is 5.95. The first-order valence-electron chi connectivity index (χ1n) is 5.92. The van der Waals surface area contributed by atoms with Gasteiger partial charge in [-0.3, -0.25) is 4.79 Å². The molecule has 0 aromatic heterocycles. The predicted octanol–water partition coefficient (Wildman–Crippen LogP) is 1.20. The van der Waals surface area contributed by atoms with Crippen molar-refractivity contribution in [2.24, 2.45) is 11.7 Å². The number of nitrogens with two attached hydrogens (primary N) is 1. The van der Waals surface area contributed by atoms with Crippen LogP contribution in [0.4, 0.5) is 0 Å². The van der Waals surface area contributed by atoms with Gasteiger partial charge < -0.3 is 15.7 Å². The first kappa shape index (κ1) is 11.9. The van der Waals surface area contributed by atoms with Gasteiger partial charge in [-0.25, -0.2) is 0 Å². The van der Waals surface area contributed by atoms with E-state index in [9.17, 15) is 9.90 Å². The fraction of sp³-hybridized carbons (Fsp3) is 0.462. The second kappa shape index (κ2) is 4.75. The van der Waals surface area contributed by atoms with Crippen LogP contribution in [0.15, 0.2) is 24.3 Å². The van der Waals surface area contributed by atoms with Gasteiger partial charge in [-0.1, -0.05) is 6.07 Å². The number of hydrogen-bond donors (Lipinski definition) is 2. The number of amides is 1. The van der Waals surface area contributed by atoms with Gasteiger partial charge in [0.25, 0.3) is 5.91 Å². The summed E-state index contributed by atoms with van der Waals surface area (Å²) in [6, 6.07) is 6.70. The highest BCUT2D eigenvalue weighted by atomic mass is 16.3. The van der Waals surface area contributed by atoms with E-state index in [4.69, 9.17) is 5.73 Å². The SMILES string of the molecule is CC1CC(CN)CN1C(=O)c1cccc(O)c1. The topological polar surface area (TPSA) is 66.6 Å². The Hall–Kier alpha value is -1.55. The highest BCUT2D eigenvalue weighted by Crippen LogP contribution is 2.24. The molecule has 92 valence electrons. The van der Waals surface area contributed by atoms with Gasteiger partial charge in [0.1, 0.15) is 5.75 Å². The first-order valence-corrected chi connectivity index (χ1v) is 5.92. The van der Waals surface area contributed by atoms with Crippen molar-refractivity contribution in [3.8, 4) is 5.75 Å². The van der Waals surface area contributed by atoms with Gasteiger partial charge in [0.15, 0.2) is 0 Å². The normalized spacial score (nSPS) is 24.0. The lowest BCUT2D eigenvalue weighted by Gasteiger charge is -2.21. The summed E-state index contributed by atoms with van der Waals surface area (Å²) in [5.41, 5.74) is 6.18. The molecule has 4 nitrogen and oxygen atoms in total. The van der Waals surface area contributed by atoms with E-state index in [0.29, 0.717) is 24.6 Å². The minimum absolute atomic E-state index is 0.0237. The Balaban J connectivity index is 2.15. The van der Waals surface area contributed by atoms with E-state index in [-0.39, 0.29) is 17.7 Å². The van der Waals surface area contributed by atoms with Crippen molar-refractivity contribution in [1.29, 1.82) is 0 Å². The van der Waals surface area contributed by atoms with Gasteiger partial charge in [0, 0.05) is 18.2 Å². The zero-order chi connectivity index (χ0) is 12.4. The van der Waals surface area contributed by atoms with Crippen molar-refractivity contribution in [2.75, 3.05) is 13.1 Å². The molecule has 0 bridgehead atoms. The third-order valence-electron chi connectivity index (χ3n) is 3.35. The van der Waals surface area contributed by atoms with Gasteiger partial charge >= 0.3 is 0 Å². The van der Waals surface area contributed by atoms with Crippen molar-refractivity contribution in [3.63, 3.8) is 0 Å². The fourth-order valence-corrected chi connectivity index (χ4v) is 2.40. The van der Waals surface area contributed by atoms with Crippen LogP contribution in [-0.2, 0) is 0 Å². The van der Waals surface area contributed by atoms with E-state index in [1.54, 1.807) is 18.2 Å². The Morgan fingerprint density at radius 3 is 2.94 bits per heavy atom. The summed E-state index contributed by atoms with van der Waals surface area (Å²) in [6.45, 7) is 3.37. The molecule has 1 amide bonds. The molecule has 1 aliphatic rings. The lowest BCUT2D eigenvalue weighted by Crippen LogP contribution is -2.34. The summed E-state index contributed by atoms with van der Waals surface area (Å²) in [6.07, 6.45) is 0.959. The summed E-state index contributed by atoms with van der Waals surface area (Å²) in [4.78, 5) is 14.1. The average Bonchev–Trinajstić information content (AvgIpc) is 2.69. The van der Waals surface area contributed by atoms with Gasteiger partial charge in [-0.15, -0.1) is 0 Å². The monoisotopic (exact) mass is 234 g/mol. The second-order valence-electron chi connectivity index (χ2n) is 4.69. The van der Waals surface area contributed by atoms with E-state index in [2.05, 4.69) is 0 Å². The molecule has 4 heteroatoms. The average molecular weight is 234 g/mol. The molecular formula is C13H18N2O2. The summed E-state index contributed by atoms with van der Waals surface area (Å²) < 4.78 is 0. The molecule has 0 spiro atoms. The van der Waals surface area contributed by atoms with Crippen molar-refractivity contribution in [3.05, 3.63) is 29.8 Å². The van der Waals surface area contributed by atoms with Gasteiger partial charge in [0.05, 0.1) is 0 Å². The second-order valence-corrected chi connectivity index (χ2v) is 4.69. The van der Waals surface area contributed by atoms with Crippen molar-refractivity contribution < 1.29 is 9.90 Å². The zero-order valence-corrected chi connectivity index (χ0v) is 9.97. The summed E-state index contributed by atoms with van der Waals surface area (Å²) in [7, 11) is 0. The number of rotatable bonds is 2. The van der Waals surface area contributed by atoms with Crippen LogP contribution in [0.2, 0.25) is 0 Å². The number of nitrogens with zero attached hydrogens (tertiary/aromatic N) is 1. The van der Waals surface area contributed by atoms with E-state index < -0.39 is 0 Å². The molecule has 1 heterocycles. The largest absolute Gasteiger partial charge is 0.508 e. The van der Waals surface area contributed by atoms with Gasteiger partial charge in [-0.05, 0) is 44.0 Å². The van der Waals surface area contributed by atoms with Crippen LogP contribution in [0.3, 0.4) is 0 Å². The van der Waals surface area contributed by atoms with E-state index in [1.165, 1.54) is 6.07 Å². The Kier molecular flexibility index (Phi) is 3.33. The zero-order valence-electron chi connectivity index (χ0n) is 9.97. The Labute approximate surface area is 101 Å². The van der Waals surface area contributed by atoms with Crippen LogP contribution in [-0.4, -0.2) is 35.0 Å². The minimum Gasteiger partial charge on any atom is -0.508 e. The molecule has 1 fully saturated rings. The van der Waals surface area contributed by atoms with E-state index in [1.807, 2.05) is 11.8 Å². The molecule has 1 saturated heterocycles. The number of hydrogen-bond acceptors (Lipinski definition) is 3. The van der Waals surface area contributed by atoms with Gasteiger partial charge in [0.2, 0.25) is 0 Å². The molecule has 1 aromatic carbocycles. The number of carbonyl (C=O) groups is 1. The summed E-state index contributed by atoms with van der Waals surface area (Å²) >= 11 is 0. The molecule has 1 aromatic rings. The van der Waals surface area contributed by atoms with Crippen LogP contribution in [0.5, 0.6) is 5.75 Å². The summed E-state index contributed by atoms with van der Waals surface area (Å²) in [5.74, 6) is 0.494. The van der Waals surface area contributed by atoms with Crippen LogP contribution < -0.4 is 5.73 Å². The predicted molar refractivity (Wildman–Crippen MR) is 65.8 cm³/mol. The lowest BCUT2D eigenvalue weighted by molar-refractivity contribution is 0.0743. The standard InChI is InChI=1S/C13H18N2O2/c1-9-5-10(7-14)8-15(9)13(17)11-3-2-4-12(16)6-11/h2-4,6,9-10,16H,5,7-8,14H2,1H3. The number of likely N-dealkylation sites (tertiary alicyclic amines) is 1. The molecule has 0 aliphatic carbocycles. The molecule has 0 radical (unpaired) electrons. The number of aromatic hydroxyl groups is 1. The van der Waals surface area contributed by atoms with Crippen LogP contribution >= 0.6 is 0 Å². The number of carbonyl (C=O) groups excluding carboxylic acids is 1. The maximum atomic E-state index is 12.2. The molecule has 3 N–H and O–H groups in total. The smallest absolute Gasteiger partial charge is 0.254 e. The summed E-state index contributed by atoms with van der Waals surface area (Å²) in [5, 5.41) is 9.38. The van der Waals surface area contributed by atoms with Crippen molar-refractivity contribution >= 4 is 5.91 Å². The van der Waals surface area contributed by atoms with E-state index in [0.717, 1.165) is 6.42 Å². The molecule has 2 atom stereocenters. The van der Waals surface area contributed by atoms with Crippen LogP contribution in [0.1, 0.15) is 23.7 Å². The molecule has 17 heavy (non-hydrogen) atoms.